The number of likely N-dealkylation sites (tertiary alicyclic amines) is 1. The molecule has 0 bridgehead atoms. The fraction of sp³-hybridized carbons (Fsp3) is 0.600. The standard InChI is InChI=1S/C20H26N4O/c1-12-16(11-24-8-2-3-9-24)18(13-4-5-13)17(21-12)10-15-19(14-6-7-14)22-23-20(15)25/h10,13-14,21H,2-9,11H2,1H3,(H,23,25)/b15-10+. The zero-order valence-electron chi connectivity index (χ0n) is 14.9. The van der Waals surface area contributed by atoms with Gasteiger partial charge in [-0.3, -0.25) is 9.69 Å². The number of hydrogen-bond donors (Lipinski definition) is 2. The lowest BCUT2D eigenvalue weighted by molar-refractivity contribution is -0.116. The summed E-state index contributed by atoms with van der Waals surface area (Å²) in [7, 11) is 0. The summed E-state index contributed by atoms with van der Waals surface area (Å²) in [6.45, 7) is 5.66. The minimum atomic E-state index is -0.0445. The van der Waals surface area contributed by atoms with Gasteiger partial charge in [0.2, 0.25) is 0 Å². The summed E-state index contributed by atoms with van der Waals surface area (Å²) >= 11 is 0. The number of aryl methyl sites for hydroxylation is 1. The van der Waals surface area contributed by atoms with Crippen LogP contribution in [0.4, 0.5) is 0 Å². The normalized spacial score (nSPS) is 25.7. The zero-order valence-corrected chi connectivity index (χ0v) is 14.9. The number of aromatic nitrogens is 1. The van der Waals surface area contributed by atoms with Crippen LogP contribution < -0.4 is 5.43 Å². The first-order valence-corrected chi connectivity index (χ1v) is 9.74. The summed E-state index contributed by atoms with van der Waals surface area (Å²) in [5, 5.41) is 4.29. The molecule has 0 atom stereocenters. The second kappa shape index (κ2) is 5.84. The van der Waals surface area contributed by atoms with Gasteiger partial charge in [-0.2, -0.15) is 5.10 Å². The Bertz CT molecular complexity index is 774. The zero-order chi connectivity index (χ0) is 17.0. The fourth-order valence-corrected chi connectivity index (χ4v) is 4.33. The molecule has 25 heavy (non-hydrogen) atoms. The summed E-state index contributed by atoms with van der Waals surface area (Å²) in [5.74, 6) is 1.10. The Kier molecular flexibility index (Phi) is 3.59. The molecule has 2 aliphatic carbocycles. The highest BCUT2D eigenvalue weighted by Gasteiger charge is 2.37. The highest BCUT2D eigenvalue weighted by Crippen LogP contribution is 2.45. The van der Waals surface area contributed by atoms with Crippen molar-refractivity contribution in [3.63, 3.8) is 0 Å². The van der Waals surface area contributed by atoms with Gasteiger partial charge >= 0.3 is 0 Å². The number of hydrazone groups is 1. The highest BCUT2D eigenvalue weighted by molar-refractivity contribution is 6.28. The fourth-order valence-electron chi connectivity index (χ4n) is 4.33. The lowest BCUT2D eigenvalue weighted by Crippen LogP contribution is -2.19. The van der Waals surface area contributed by atoms with E-state index in [1.54, 1.807) is 0 Å². The van der Waals surface area contributed by atoms with Gasteiger partial charge in [-0.05, 0) is 81.7 Å². The molecule has 2 N–H and O–H groups in total. The van der Waals surface area contributed by atoms with E-state index in [4.69, 9.17) is 0 Å². The minimum Gasteiger partial charge on any atom is -0.359 e. The molecule has 0 radical (unpaired) electrons. The van der Waals surface area contributed by atoms with Crippen molar-refractivity contribution in [2.75, 3.05) is 13.1 Å². The third-order valence-electron chi connectivity index (χ3n) is 6.01. The molecule has 1 aromatic heterocycles. The number of carbonyl (C=O) groups excluding carboxylic acids is 1. The molecule has 1 amide bonds. The number of aromatic amines is 1. The molecule has 1 aromatic rings. The van der Waals surface area contributed by atoms with Gasteiger partial charge in [-0.1, -0.05) is 0 Å². The molecule has 2 saturated carbocycles. The van der Waals surface area contributed by atoms with Crippen LogP contribution in [0.3, 0.4) is 0 Å². The molecule has 1 saturated heterocycles. The lowest BCUT2D eigenvalue weighted by Gasteiger charge is -2.16. The van der Waals surface area contributed by atoms with Crippen molar-refractivity contribution in [1.82, 2.24) is 15.3 Å². The van der Waals surface area contributed by atoms with E-state index in [2.05, 4.69) is 33.4 Å². The van der Waals surface area contributed by atoms with Crippen molar-refractivity contribution in [3.05, 3.63) is 28.1 Å². The highest BCUT2D eigenvalue weighted by atomic mass is 16.2. The van der Waals surface area contributed by atoms with Gasteiger partial charge in [-0.25, -0.2) is 5.43 Å². The van der Waals surface area contributed by atoms with Crippen LogP contribution in [0.15, 0.2) is 10.7 Å². The largest absolute Gasteiger partial charge is 0.359 e. The van der Waals surface area contributed by atoms with E-state index in [9.17, 15) is 4.79 Å². The quantitative estimate of drug-likeness (QED) is 0.811. The number of amides is 1. The van der Waals surface area contributed by atoms with E-state index < -0.39 is 0 Å². The Morgan fingerprint density at radius 1 is 1.16 bits per heavy atom. The Morgan fingerprint density at radius 3 is 2.56 bits per heavy atom. The van der Waals surface area contributed by atoms with E-state index in [0.29, 0.717) is 11.8 Å². The van der Waals surface area contributed by atoms with Crippen LogP contribution in [-0.2, 0) is 11.3 Å². The molecule has 132 valence electrons. The van der Waals surface area contributed by atoms with Gasteiger partial charge in [0.25, 0.3) is 5.91 Å². The smallest absolute Gasteiger partial charge is 0.273 e. The predicted molar refractivity (Wildman–Crippen MR) is 98.3 cm³/mol. The van der Waals surface area contributed by atoms with Crippen molar-refractivity contribution >= 4 is 17.7 Å². The maximum absolute atomic E-state index is 12.3. The van der Waals surface area contributed by atoms with Crippen LogP contribution in [0, 0.1) is 12.8 Å². The summed E-state index contributed by atoms with van der Waals surface area (Å²) in [4.78, 5) is 18.4. The van der Waals surface area contributed by atoms with E-state index in [1.165, 1.54) is 55.6 Å². The first-order chi connectivity index (χ1) is 12.2. The molecule has 0 unspecified atom stereocenters. The van der Waals surface area contributed by atoms with Crippen LogP contribution in [0.5, 0.6) is 0 Å². The number of H-pyrrole nitrogens is 1. The molecule has 2 aliphatic heterocycles. The lowest BCUT2D eigenvalue weighted by atomic mass is 10.00. The molecule has 4 aliphatic rings. The van der Waals surface area contributed by atoms with Crippen LogP contribution in [0.25, 0.3) is 6.08 Å². The Labute approximate surface area is 148 Å². The van der Waals surface area contributed by atoms with Gasteiger partial charge in [0.1, 0.15) is 0 Å². The second-order valence-corrected chi connectivity index (χ2v) is 8.08. The summed E-state index contributed by atoms with van der Waals surface area (Å²) in [6, 6.07) is 0. The monoisotopic (exact) mass is 338 g/mol. The van der Waals surface area contributed by atoms with Crippen molar-refractivity contribution in [2.45, 2.75) is 57.9 Å². The Hall–Kier alpha value is -1.88. The number of carbonyl (C=O) groups is 1. The molecule has 0 aromatic carbocycles. The van der Waals surface area contributed by atoms with Gasteiger partial charge in [0.05, 0.1) is 11.3 Å². The van der Waals surface area contributed by atoms with Crippen LogP contribution in [-0.4, -0.2) is 34.6 Å². The first kappa shape index (κ1) is 15.4. The predicted octanol–water partition coefficient (Wildman–Crippen LogP) is 3.08. The number of rotatable bonds is 5. The Balaban J connectivity index is 1.51. The molecule has 3 fully saturated rings. The summed E-state index contributed by atoms with van der Waals surface area (Å²) in [5.41, 5.74) is 9.76. The van der Waals surface area contributed by atoms with E-state index in [1.807, 2.05) is 0 Å². The van der Waals surface area contributed by atoms with E-state index in [0.717, 1.165) is 36.4 Å². The van der Waals surface area contributed by atoms with E-state index >= 15 is 0 Å². The number of hydrogen-bond acceptors (Lipinski definition) is 3. The molecule has 5 heteroatoms. The molecule has 0 spiro atoms. The maximum Gasteiger partial charge on any atom is 0.273 e. The van der Waals surface area contributed by atoms with Crippen molar-refractivity contribution in [3.8, 4) is 0 Å². The van der Waals surface area contributed by atoms with Crippen LogP contribution in [0.1, 0.15) is 67.0 Å². The van der Waals surface area contributed by atoms with E-state index in [-0.39, 0.29) is 5.91 Å². The number of nitrogens with one attached hydrogen (secondary N) is 2. The van der Waals surface area contributed by atoms with Crippen molar-refractivity contribution in [2.24, 2.45) is 11.0 Å². The third kappa shape index (κ3) is 2.84. The average Bonchev–Trinajstić information content (AvgIpc) is 3.50. The summed E-state index contributed by atoms with van der Waals surface area (Å²) in [6.07, 6.45) is 9.58. The molecular weight excluding hydrogens is 312 g/mol. The minimum absolute atomic E-state index is 0.0445. The van der Waals surface area contributed by atoms with Gasteiger partial charge in [-0.15, -0.1) is 0 Å². The van der Waals surface area contributed by atoms with Gasteiger partial charge in [0, 0.05) is 23.9 Å². The van der Waals surface area contributed by atoms with Crippen molar-refractivity contribution < 1.29 is 4.79 Å². The molecule has 5 rings (SSSR count). The van der Waals surface area contributed by atoms with Gasteiger partial charge < -0.3 is 4.98 Å². The second-order valence-electron chi connectivity index (χ2n) is 8.08. The average molecular weight is 338 g/mol. The van der Waals surface area contributed by atoms with Crippen molar-refractivity contribution in [1.29, 1.82) is 0 Å². The van der Waals surface area contributed by atoms with Gasteiger partial charge in [0.15, 0.2) is 0 Å². The molecule has 5 nitrogen and oxygen atoms in total. The SMILES string of the molecule is Cc1[nH]c(/C=C2/C(=O)NN=C2C2CC2)c(C2CC2)c1CN1CCCC1. The molecular formula is C20H26N4O. The summed E-state index contributed by atoms with van der Waals surface area (Å²) < 4.78 is 0. The Morgan fingerprint density at radius 2 is 1.88 bits per heavy atom. The van der Waals surface area contributed by atoms with Crippen LogP contribution >= 0.6 is 0 Å². The van der Waals surface area contributed by atoms with Crippen LogP contribution in [0.2, 0.25) is 0 Å². The molecule has 3 heterocycles. The maximum atomic E-state index is 12.3. The third-order valence-corrected chi connectivity index (χ3v) is 6.01. The topological polar surface area (TPSA) is 60.5 Å². The number of nitrogens with zero attached hydrogens (tertiary/aromatic N) is 2. The first-order valence-electron chi connectivity index (χ1n) is 9.74.